The monoisotopic (exact) mass is 521 g/mol. The van der Waals surface area contributed by atoms with Crippen molar-refractivity contribution in [1.82, 2.24) is 4.98 Å². The third-order valence-corrected chi connectivity index (χ3v) is 8.93. The lowest BCUT2D eigenvalue weighted by Crippen LogP contribution is -2.27. The van der Waals surface area contributed by atoms with Crippen molar-refractivity contribution in [3.63, 3.8) is 0 Å². The number of aryl methyl sites for hydroxylation is 1. The Bertz CT molecular complexity index is 1350. The quantitative estimate of drug-likeness (QED) is 0.219. The van der Waals surface area contributed by atoms with Gasteiger partial charge in [-0.25, -0.2) is 4.98 Å². The van der Waals surface area contributed by atoms with Gasteiger partial charge in [0.15, 0.2) is 0 Å². The van der Waals surface area contributed by atoms with Crippen LogP contribution >= 0.6 is 11.3 Å². The Kier molecular flexibility index (Phi) is 8.29. The number of nitrogens with zero attached hydrogens (tertiary/aromatic N) is 3. The van der Waals surface area contributed by atoms with Gasteiger partial charge in [0.2, 0.25) is 0 Å². The molecule has 38 heavy (non-hydrogen) atoms. The van der Waals surface area contributed by atoms with Gasteiger partial charge < -0.3 is 9.80 Å². The second-order valence-corrected chi connectivity index (χ2v) is 11.7. The molecule has 4 aromatic rings. The summed E-state index contributed by atoms with van der Waals surface area (Å²) in [7, 11) is 4.15. The number of anilines is 2. The second kappa shape index (κ2) is 12.0. The molecule has 0 saturated heterocycles. The van der Waals surface area contributed by atoms with Crippen molar-refractivity contribution < 1.29 is 0 Å². The second-order valence-electron chi connectivity index (χ2n) is 10.6. The van der Waals surface area contributed by atoms with Gasteiger partial charge in [0.05, 0.1) is 0 Å². The molecule has 1 aromatic heterocycles. The molecule has 0 amide bonds. The Hall–Kier alpha value is -3.37. The molecular weight excluding hydrogens is 482 g/mol. The summed E-state index contributed by atoms with van der Waals surface area (Å²) >= 11 is 1.79. The molecule has 0 spiro atoms. The molecule has 1 fully saturated rings. The predicted molar refractivity (Wildman–Crippen MR) is 165 cm³/mol. The largest absolute Gasteiger partial charge is 0.378 e. The first-order valence-corrected chi connectivity index (χ1v) is 14.7. The highest BCUT2D eigenvalue weighted by Gasteiger charge is 2.23. The van der Waals surface area contributed by atoms with Crippen LogP contribution in [0.15, 0.2) is 91.3 Å². The average Bonchev–Trinajstić information content (AvgIpc) is 3.46. The zero-order valence-electron chi connectivity index (χ0n) is 23.0. The summed E-state index contributed by atoms with van der Waals surface area (Å²) in [5.41, 5.74) is 8.64. The Morgan fingerprint density at radius 3 is 2.18 bits per heavy atom. The molecule has 4 heteroatoms. The van der Waals surface area contributed by atoms with E-state index in [1.165, 1.54) is 76.3 Å². The van der Waals surface area contributed by atoms with Gasteiger partial charge >= 0.3 is 0 Å². The van der Waals surface area contributed by atoms with E-state index in [1.807, 2.05) is 6.20 Å². The van der Waals surface area contributed by atoms with Crippen LogP contribution in [0, 0.1) is 5.92 Å². The van der Waals surface area contributed by atoms with Crippen LogP contribution in [0.3, 0.4) is 0 Å². The average molecular weight is 522 g/mol. The Morgan fingerprint density at radius 2 is 1.55 bits per heavy atom. The molecule has 0 aliphatic heterocycles. The van der Waals surface area contributed by atoms with Gasteiger partial charge in [-0.2, -0.15) is 0 Å². The first kappa shape index (κ1) is 26.2. The van der Waals surface area contributed by atoms with E-state index >= 15 is 0 Å². The summed E-state index contributed by atoms with van der Waals surface area (Å²) in [4.78, 5) is 10.6. The summed E-state index contributed by atoms with van der Waals surface area (Å²) in [5.74, 6) is 0.549. The first-order chi connectivity index (χ1) is 18.5. The molecule has 1 aliphatic carbocycles. The molecule has 3 aromatic carbocycles. The molecule has 5 rings (SSSR count). The predicted octanol–water partition coefficient (Wildman–Crippen LogP) is 9.21. The lowest BCUT2D eigenvalue weighted by atomic mass is 9.86. The fourth-order valence-electron chi connectivity index (χ4n) is 5.36. The van der Waals surface area contributed by atoms with Gasteiger partial charge in [-0.1, -0.05) is 81.3 Å². The summed E-state index contributed by atoms with van der Waals surface area (Å²) < 4.78 is 0. The van der Waals surface area contributed by atoms with Gasteiger partial charge in [-0.05, 0) is 66.1 Å². The van der Waals surface area contributed by atoms with E-state index in [9.17, 15) is 0 Å². The van der Waals surface area contributed by atoms with Crippen LogP contribution in [-0.2, 0) is 13.0 Å². The van der Waals surface area contributed by atoms with Gasteiger partial charge in [-0.15, -0.1) is 11.3 Å². The molecular formula is C34H39N3S. The van der Waals surface area contributed by atoms with Crippen molar-refractivity contribution >= 4 is 22.7 Å². The Labute approximate surface area is 232 Å². The van der Waals surface area contributed by atoms with E-state index < -0.39 is 0 Å². The van der Waals surface area contributed by atoms with Crippen molar-refractivity contribution in [3.05, 3.63) is 102 Å². The topological polar surface area (TPSA) is 19.4 Å². The van der Waals surface area contributed by atoms with E-state index in [4.69, 9.17) is 4.98 Å². The number of thiazole rings is 1. The van der Waals surface area contributed by atoms with Gasteiger partial charge in [0, 0.05) is 54.3 Å². The minimum absolute atomic E-state index is 0.549. The molecule has 0 N–H and O–H groups in total. The third-order valence-electron chi connectivity index (χ3n) is 7.74. The van der Waals surface area contributed by atoms with Crippen molar-refractivity contribution in [2.24, 2.45) is 5.92 Å². The zero-order chi connectivity index (χ0) is 26.5. The number of rotatable bonds is 9. The van der Waals surface area contributed by atoms with E-state index in [0.717, 1.165) is 18.0 Å². The minimum atomic E-state index is 0.549. The fraction of sp³-hybridized carbons (Fsp3) is 0.324. The normalized spacial score (nSPS) is 13.9. The number of hydrogen-bond donors (Lipinski definition) is 0. The maximum absolute atomic E-state index is 4.70. The number of aromatic nitrogens is 1. The number of allylic oxidation sites excluding steroid dienone is 1. The van der Waals surface area contributed by atoms with E-state index in [0.29, 0.717) is 5.92 Å². The molecule has 196 valence electrons. The molecule has 0 radical (unpaired) electrons. The highest BCUT2D eigenvalue weighted by Crippen LogP contribution is 2.36. The lowest BCUT2D eigenvalue weighted by molar-refractivity contribution is 0.396. The van der Waals surface area contributed by atoms with Crippen molar-refractivity contribution in [3.8, 4) is 21.7 Å². The van der Waals surface area contributed by atoms with Crippen LogP contribution in [0.5, 0.6) is 0 Å². The van der Waals surface area contributed by atoms with Crippen LogP contribution in [0.25, 0.3) is 21.7 Å². The highest BCUT2D eigenvalue weighted by atomic mass is 32.1. The van der Waals surface area contributed by atoms with E-state index in [1.54, 1.807) is 11.3 Å². The third kappa shape index (κ3) is 6.02. The van der Waals surface area contributed by atoms with Crippen molar-refractivity contribution in [2.45, 2.75) is 52.0 Å². The molecule has 1 heterocycles. The minimum Gasteiger partial charge on any atom is -0.378 e. The Balaban J connectivity index is 1.41. The van der Waals surface area contributed by atoms with Crippen LogP contribution in [0.2, 0.25) is 0 Å². The number of benzene rings is 3. The standard InChI is InChI=1S/C34H39N3S/c1-5-33-23-35-34(38-33)30-12-9-13-32(22-30)37(25(2)27-10-7-6-8-11-27)24-26-14-16-28(17-15-26)29-18-20-31(21-19-29)36(3)4/h9,12-23,27H,2,5-8,10-11,24H2,1,3-4H3. The maximum Gasteiger partial charge on any atom is 0.123 e. The summed E-state index contributed by atoms with van der Waals surface area (Å²) in [6.07, 6.45) is 9.47. The van der Waals surface area contributed by atoms with E-state index in [-0.39, 0.29) is 0 Å². The zero-order valence-corrected chi connectivity index (χ0v) is 23.8. The maximum atomic E-state index is 4.70. The lowest BCUT2D eigenvalue weighted by Gasteiger charge is -2.34. The summed E-state index contributed by atoms with van der Waals surface area (Å²) in [5, 5.41) is 1.09. The molecule has 1 saturated carbocycles. The van der Waals surface area contributed by atoms with Crippen LogP contribution in [0.1, 0.15) is 49.5 Å². The number of hydrogen-bond acceptors (Lipinski definition) is 4. The van der Waals surface area contributed by atoms with Crippen LogP contribution in [-0.4, -0.2) is 19.1 Å². The molecule has 0 unspecified atom stereocenters. The van der Waals surface area contributed by atoms with Gasteiger partial charge in [0.1, 0.15) is 5.01 Å². The fourth-order valence-corrected chi connectivity index (χ4v) is 6.21. The molecule has 1 aliphatic rings. The van der Waals surface area contributed by atoms with Crippen molar-refractivity contribution in [1.29, 1.82) is 0 Å². The van der Waals surface area contributed by atoms with E-state index in [2.05, 4.69) is 110 Å². The Morgan fingerprint density at radius 1 is 0.868 bits per heavy atom. The van der Waals surface area contributed by atoms with Gasteiger partial charge in [-0.3, -0.25) is 0 Å². The van der Waals surface area contributed by atoms with Crippen molar-refractivity contribution in [2.75, 3.05) is 23.9 Å². The molecule has 0 atom stereocenters. The van der Waals surface area contributed by atoms with Crippen LogP contribution < -0.4 is 9.80 Å². The first-order valence-electron chi connectivity index (χ1n) is 13.9. The highest BCUT2D eigenvalue weighted by molar-refractivity contribution is 7.15. The summed E-state index contributed by atoms with van der Waals surface area (Å²) in [6.45, 7) is 7.67. The molecule has 3 nitrogen and oxygen atoms in total. The van der Waals surface area contributed by atoms with Gasteiger partial charge in [0.25, 0.3) is 0 Å². The smallest absolute Gasteiger partial charge is 0.123 e. The SMILES string of the molecule is C=C(C1CCCCC1)N(Cc1ccc(-c2ccc(N(C)C)cc2)cc1)c1cccc(-c2ncc(CC)s2)c1. The molecule has 0 bridgehead atoms. The summed E-state index contributed by atoms with van der Waals surface area (Å²) in [6, 6.07) is 26.7. The van der Waals surface area contributed by atoms with Crippen LogP contribution in [0.4, 0.5) is 11.4 Å².